The number of esters is 4. The Morgan fingerprint density at radius 1 is 0.433 bits per heavy atom. The molecule has 0 aliphatic carbocycles. The zero-order valence-corrected chi connectivity index (χ0v) is 16.7. The Kier molecular flexibility index (Phi) is 4.45. The van der Waals surface area contributed by atoms with Gasteiger partial charge in [0.15, 0.2) is 0 Å². The highest BCUT2D eigenvalue weighted by Gasteiger charge is 2.30. The summed E-state index contributed by atoms with van der Waals surface area (Å²) >= 11 is 2.92. The van der Waals surface area contributed by atoms with Crippen LogP contribution in [0.25, 0.3) is 0 Å². The molecule has 0 saturated carbocycles. The fourth-order valence-corrected chi connectivity index (χ4v) is 4.82. The van der Waals surface area contributed by atoms with Crippen molar-refractivity contribution < 1.29 is 28.7 Å². The molecule has 2 heterocycles. The summed E-state index contributed by atoms with van der Waals surface area (Å²) in [5, 5.41) is 0. The van der Waals surface area contributed by atoms with Crippen LogP contribution in [0.2, 0.25) is 0 Å². The molecule has 6 nitrogen and oxygen atoms in total. The lowest BCUT2D eigenvalue weighted by molar-refractivity contribution is 0.0425. The van der Waals surface area contributed by atoms with Crippen molar-refractivity contribution in [1.82, 2.24) is 0 Å². The van der Waals surface area contributed by atoms with E-state index in [2.05, 4.69) is 9.47 Å². The third kappa shape index (κ3) is 3.30. The Balaban J connectivity index is 1.31. The first-order chi connectivity index (χ1) is 14.5. The number of hydrogen-bond acceptors (Lipinski definition) is 8. The maximum absolute atomic E-state index is 11.7. The lowest BCUT2D eigenvalue weighted by atomic mass is 10.1. The van der Waals surface area contributed by atoms with Gasteiger partial charge in [-0.2, -0.15) is 0 Å². The van der Waals surface area contributed by atoms with Gasteiger partial charge in [0.1, 0.15) is 0 Å². The van der Waals surface area contributed by atoms with Crippen molar-refractivity contribution in [3.8, 4) is 0 Å². The van der Waals surface area contributed by atoms with Crippen LogP contribution in [0.4, 0.5) is 0 Å². The predicted octanol–water partition coefficient (Wildman–Crippen LogP) is 4.61. The van der Waals surface area contributed by atoms with Crippen LogP contribution in [0.5, 0.6) is 0 Å². The summed E-state index contributed by atoms with van der Waals surface area (Å²) in [6, 6.07) is 17.8. The Bertz CT molecular complexity index is 1160. The standard InChI is InChI=1S/C22H10O6S2/c23-19-15-7-5-13(9-17(15)21(25)27-19)29-11-1-2-12(4-3-11)30-14-6-8-16-18(10-14)22(26)28-20(16)24/h1-10H. The molecule has 0 unspecified atom stereocenters. The van der Waals surface area contributed by atoms with Crippen LogP contribution >= 0.6 is 23.5 Å². The summed E-state index contributed by atoms with van der Waals surface area (Å²) in [4.78, 5) is 50.0. The van der Waals surface area contributed by atoms with Crippen molar-refractivity contribution in [3.05, 3.63) is 82.9 Å². The van der Waals surface area contributed by atoms with Crippen molar-refractivity contribution in [2.75, 3.05) is 0 Å². The minimum atomic E-state index is -0.621. The number of rotatable bonds is 4. The number of benzene rings is 3. The van der Waals surface area contributed by atoms with Crippen LogP contribution in [0, 0.1) is 0 Å². The van der Waals surface area contributed by atoms with E-state index in [1.807, 2.05) is 24.3 Å². The van der Waals surface area contributed by atoms with Gasteiger partial charge in [-0.05, 0) is 60.7 Å². The molecule has 0 N–H and O–H groups in total. The van der Waals surface area contributed by atoms with Gasteiger partial charge >= 0.3 is 23.9 Å². The molecule has 0 spiro atoms. The smallest absolute Gasteiger partial charge is 0.346 e. The Morgan fingerprint density at radius 3 is 1.17 bits per heavy atom. The van der Waals surface area contributed by atoms with Gasteiger partial charge in [-0.15, -0.1) is 0 Å². The highest BCUT2D eigenvalue weighted by atomic mass is 32.2. The first kappa shape index (κ1) is 18.7. The minimum Gasteiger partial charge on any atom is -0.386 e. The van der Waals surface area contributed by atoms with E-state index >= 15 is 0 Å². The van der Waals surface area contributed by atoms with E-state index in [9.17, 15) is 19.2 Å². The van der Waals surface area contributed by atoms with E-state index in [0.29, 0.717) is 0 Å². The van der Waals surface area contributed by atoms with Crippen molar-refractivity contribution in [3.63, 3.8) is 0 Å². The molecule has 146 valence electrons. The molecule has 5 rings (SSSR count). The quantitative estimate of drug-likeness (QED) is 0.435. The molecule has 0 amide bonds. The molecule has 0 bridgehead atoms. The summed E-state index contributed by atoms with van der Waals surface area (Å²) in [6.45, 7) is 0. The summed E-state index contributed by atoms with van der Waals surface area (Å²) < 4.78 is 9.22. The highest BCUT2D eigenvalue weighted by molar-refractivity contribution is 7.99. The second-order valence-electron chi connectivity index (χ2n) is 6.44. The minimum absolute atomic E-state index is 0.283. The van der Waals surface area contributed by atoms with E-state index in [4.69, 9.17) is 0 Å². The zero-order valence-electron chi connectivity index (χ0n) is 15.0. The third-order valence-electron chi connectivity index (χ3n) is 4.53. The molecule has 0 fully saturated rings. The second-order valence-corrected chi connectivity index (χ2v) is 8.74. The largest absolute Gasteiger partial charge is 0.386 e. The van der Waals surface area contributed by atoms with Gasteiger partial charge < -0.3 is 9.47 Å². The van der Waals surface area contributed by atoms with Gasteiger partial charge in [0.05, 0.1) is 22.3 Å². The van der Waals surface area contributed by atoms with E-state index in [0.717, 1.165) is 19.6 Å². The molecule has 2 aliphatic rings. The Labute approximate surface area is 178 Å². The summed E-state index contributed by atoms with van der Waals surface area (Å²) in [7, 11) is 0. The average molecular weight is 434 g/mol. The molecule has 2 aliphatic heterocycles. The molecule has 0 saturated heterocycles. The normalized spacial score (nSPS) is 14.4. The maximum Gasteiger partial charge on any atom is 0.346 e. The van der Waals surface area contributed by atoms with Crippen LogP contribution < -0.4 is 0 Å². The van der Waals surface area contributed by atoms with Crippen molar-refractivity contribution in [2.45, 2.75) is 19.6 Å². The van der Waals surface area contributed by atoms with Crippen molar-refractivity contribution in [1.29, 1.82) is 0 Å². The van der Waals surface area contributed by atoms with Crippen LogP contribution in [0.3, 0.4) is 0 Å². The lowest BCUT2D eigenvalue weighted by Crippen LogP contribution is -1.96. The van der Waals surface area contributed by atoms with Crippen LogP contribution in [0.1, 0.15) is 41.4 Å². The number of hydrogen-bond donors (Lipinski definition) is 0. The van der Waals surface area contributed by atoms with Gasteiger partial charge in [0, 0.05) is 19.6 Å². The summed E-state index contributed by atoms with van der Waals surface area (Å²) in [6.07, 6.45) is 0. The number of carbonyl (C=O) groups excluding carboxylic acids is 4. The lowest BCUT2D eigenvalue weighted by Gasteiger charge is -2.06. The van der Waals surface area contributed by atoms with Crippen molar-refractivity contribution >= 4 is 47.4 Å². The SMILES string of the molecule is O=C1OC(=O)c2cc(Sc3ccc(Sc4ccc5c(c4)C(=O)OC5=O)cc3)ccc21. The van der Waals surface area contributed by atoms with Gasteiger partial charge in [0.2, 0.25) is 0 Å². The molecule has 0 radical (unpaired) electrons. The van der Waals surface area contributed by atoms with Gasteiger partial charge in [-0.3, -0.25) is 0 Å². The first-order valence-electron chi connectivity index (χ1n) is 8.75. The molecular weight excluding hydrogens is 424 g/mol. The van der Waals surface area contributed by atoms with Gasteiger partial charge in [0.25, 0.3) is 0 Å². The van der Waals surface area contributed by atoms with E-state index in [1.54, 1.807) is 36.4 Å². The van der Waals surface area contributed by atoms with E-state index in [-0.39, 0.29) is 22.3 Å². The average Bonchev–Trinajstić information content (AvgIpc) is 3.18. The summed E-state index contributed by atoms with van der Waals surface area (Å²) in [5.74, 6) is -2.47. The second kappa shape index (κ2) is 7.16. The molecule has 0 atom stereocenters. The molecule has 8 heteroatoms. The van der Waals surface area contributed by atoms with E-state index in [1.165, 1.54) is 23.5 Å². The molecular formula is C22H10O6S2. The molecule has 30 heavy (non-hydrogen) atoms. The number of carbonyl (C=O) groups is 4. The van der Waals surface area contributed by atoms with Crippen molar-refractivity contribution in [2.24, 2.45) is 0 Å². The molecule has 3 aromatic carbocycles. The summed E-state index contributed by atoms with van der Waals surface area (Å²) in [5.41, 5.74) is 1.14. The van der Waals surface area contributed by atoms with Crippen LogP contribution in [0.15, 0.2) is 80.2 Å². The molecule has 3 aromatic rings. The Morgan fingerprint density at radius 2 is 0.767 bits per heavy atom. The monoisotopic (exact) mass is 434 g/mol. The molecule has 0 aromatic heterocycles. The first-order valence-corrected chi connectivity index (χ1v) is 10.4. The fraction of sp³-hybridized carbons (Fsp3) is 0. The third-order valence-corrected chi connectivity index (χ3v) is 6.52. The van der Waals surface area contributed by atoms with Gasteiger partial charge in [-0.1, -0.05) is 23.5 Å². The maximum atomic E-state index is 11.7. The van der Waals surface area contributed by atoms with Gasteiger partial charge in [-0.25, -0.2) is 19.2 Å². The number of fused-ring (bicyclic) bond motifs is 2. The zero-order chi connectivity index (χ0) is 20.8. The van der Waals surface area contributed by atoms with Crippen LogP contribution in [-0.2, 0) is 9.47 Å². The fourth-order valence-electron chi connectivity index (χ4n) is 3.10. The van der Waals surface area contributed by atoms with Crippen LogP contribution in [-0.4, -0.2) is 23.9 Å². The van der Waals surface area contributed by atoms with E-state index < -0.39 is 23.9 Å². The number of cyclic esters (lactones) is 4. The highest BCUT2D eigenvalue weighted by Crippen LogP contribution is 2.35. The topological polar surface area (TPSA) is 86.7 Å². The predicted molar refractivity (Wildman–Crippen MR) is 107 cm³/mol. The Hall–Kier alpha value is -3.36. The number of ether oxygens (including phenoxy) is 2.